The summed E-state index contributed by atoms with van der Waals surface area (Å²) in [5.74, 6) is 0. The average Bonchev–Trinajstić information content (AvgIpc) is 1.94. The van der Waals surface area contributed by atoms with Gasteiger partial charge in [-0.3, -0.25) is 4.90 Å². The van der Waals surface area contributed by atoms with Gasteiger partial charge in [-0.05, 0) is 20.3 Å². The molecule has 0 spiro atoms. The van der Waals surface area contributed by atoms with E-state index in [9.17, 15) is 0 Å². The van der Waals surface area contributed by atoms with Crippen LogP contribution in [0, 0.1) is 0 Å². The molecule has 3 heteroatoms. The normalized spacial score (nSPS) is 22.2. The number of hydrogen-bond donors (Lipinski definition) is 1. The van der Waals surface area contributed by atoms with Crippen LogP contribution < -0.4 is 5.73 Å². The molecule has 0 radical (unpaired) electrons. The summed E-state index contributed by atoms with van der Waals surface area (Å²) in [6.45, 7) is 9.06. The maximum Gasteiger partial charge on any atom is 0.0478 e. The molecule has 1 fully saturated rings. The zero-order valence-corrected chi connectivity index (χ0v) is 8.18. The Morgan fingerprint density at radius 2 is 2.17 bits per heavy atom. The molecule has 12 heavy (non-hydrogen) atoms. The highest BCUT2D eigenvalue weighted by Gasteiger charge is 2.33. The molecule has 1 heterocycles. The molecular weight excluding hydrogens is 152 g/mol. The number of likely N-dealkylation sites (tertiary alicyclic amines) is 1. The van der Waals surface area contributed by atoms with E-state index in [0.717, 1.165) is 39.3 Å². The second-order valence-electron chi connectivity index (χ2n) is 3.92. The summed E-state index contributed by atoms with van der Waals surface area (Å²) in [5, 5.41) is 0. The predicted octanol–water partition coefficient (Wildman–Crippen LogP) is 0.446. The van der Waals surface area contributed by atoms with Gasteiger partial charge in [-0.25, -0.2) is 0 Å². The van der Waals surface area contributed by atoms with Gasteiger partial charge in [0.05, 0.1) is 0 Å². The lowest BCUT2D eigenvalue weighted by molar-refractivity contribution is 0.0662. The van der Waals surface area contributed by atoms with E-state index in [1.54, 1.807) is 0 Å². The van der Waals surface area contributed by atoms with Gasteiger partial charge in [0.15, 0.2) is 0 Å². The van der Waals surface area contributed by atoms with Gasteiger partial charge in [-0.15, -0.1) is 0 Å². The van der Waals surface area contributed by atoms with Crippen LogP contribution in [0.25, 0.3) is 0 Å². The molecule has 1 aliphatic rings. The van der Waals surface area contributed by atoms with Crippen molar-refractivity contribution in [1.82, 2.24) is 4.90 Å². The Balaban J connectivity index is 1.90. The first-order chi connectivity index (χ1) is 5.64. The second-order valence-corrected chi connectivity index (χ2v) is 3.92. The van der Waals surface area contributed by atoms with Crippen LogP contribution in [0.5, 0.6) is 0 Å². The molecule has 1 saturated heterocycles. The maximum absolute atomic E-state index is 5.87. The zero-order valence-electron chi connectivity index (χ0n) is 8.18. The topological polar surface area (TPSA) is 38.5 Å². The highest BCUT2D eigenvalue weighted by Crippen LogP contribution is 2.16. The van der Waals surface area contributed by atoms with Crippen molar-refractivity contribution in [2.75, 3.05) is 32.8 Å². The Bertz CT molecular complexity index is 128. The summed E-state index contributed by atoms with van der Waals surface area (Å²) in [4.78, 5) is 2.37. The molecule has 0 aromatic carbocycles. The van der Waals surface area contributed by atoms with Crippen molar-refractivity contribution in [3.05, 3.63) is 0 Å². The summed E-state index contributed by atoms with van der Waals surface area (Å²) in [6.07, 6.45) is 1.13. The molecular formula is C9H20N2O. The first-order valence-electron chi connectivity index (χ1n) is 4.73. The first-order valence-corrected chi connectivity index (χ1v) is 4.73. The Hall–Kier alpha value is -0.120. The quantitative estimate of drug-likeness (QED) is 0.612. The largest absolute Gasteiger partial charge is 0.382 e. The van der Waals surface area contributed by atoms with E-state index in [1.165, 1.54) is 0 Å². The van der Waals surface area contributed by atoms with E-state index in [0.29, 0.717) is 0 Å². The van der Waals surface area contributed by atoms with Crippen LogP contribution in [0.4, 0.5) is 0 Å². The fourth-order valence-corrected chi connectivity index (χ4v) is 1.67. The lowest BCUT2D eigenvalue weighted by Crippen LogP contribution is -2.65. The van der Waals surface area contributed by atoms with Gasteiger partial charge in [0.25, 0.3) is 0 Å². The zero-order chi connectivity index (χ0) is 9.03. The summed E-state index contributed by atoms with van der Waals surface area (Å²) >= 11 is 0. The molecule has 0 atom stereocenters. The Labute approximate surface area is 74.9 Å². The molecule has 3 nitrogen and oxygen atoms in total. The van der Waals surface area contributed by atoms with E-state index in [2.05, 4.69) is 11.8 Å². The van der Waals surface area contributed by atoms with Gasteiger partial charge in [0.2, 0.25) is 0 Å². The minimum atomic E-state index is 0.0750. The van der Waals surface area contributed by atoms with Gasteiger partial charge < -0.3 is 10.5 Å². The van der Waals surface area contributed by atoms with Crippen LogP contribution in [0.3, 0.4) is 0 Å². The average molecular weight is 172 g/mol. The fraction of sp³-hybridized carbons (Fsp3) is 1.00. The third kappa shape index (κ3) is 3.09. The summed E-state index contributed by atoms with van der Waals surface area (Å²) in [7, 11) is 0. The van der Waals surface area contributed by atoms with Crippen LogP contribution in [0.15, 0.2) is 0 Å². The number of ether oxygens (including phenoxy) is 1. The van der Waals surface area contributed by atoms with E-state index in [-0.39, 0.29) is 5.54 Å². The monoisotopic (exact) mass is 172 g/mol. The second kappa shape index (κ2) is 4.21. The van der Waals surface area contributed by atoms with Crippen molar-refractivity contribution in [2.45, 2.75) is 25.8 Å². The summed E-state index contributed by atoms with van der Waals surface area (Å²) in [6, 6.07) is 0. The predicted molar refractivity (Wildman–Crippen MR) is 50.1 cm³/mol. The molecule has 0 saturated carbocycles. The molecule has 2 N–H and O–H groups in total. The smallest absolute Gasteiger partial charge is 0.0478 e. The van der Waals surface area contributed by atoms with Gasteiger partial charge in [-0.1, -0.05) is 0 Å². The number of rotatable bonds is 5. The molecule has 72 valence electrons. The van der Waals surface area contributed by atoms with Crippen LogP contribution >= 0.6 is 0 Å². The van der Waals surface area contributed by atoms with Crippen molar-refractivity contribution in [1.29, 1.82) is 0 Å². The first kappa shape index (κ1) is 9.96. The number of hydrogen-bond acceptors (Lipinski definition) is 3. The van der Waals surface area contributed by atoms with Crippen LogP contribution in [-0.2, 0) is 4.74 Å². The van der Waals surface area contributed by atoms with Crippen molar-refractivity contribution >= 4 is 0 Å². The minimum Gasteiger partial charge on any atom is -0.382 e. The van der Waals surface area contributed by atoms with E-state index in [4.69, 9.17) is 10.5 Å². The van der Waals surface area contributed by atoms with Gasteiger partial charge in [0, 0.05) is 38.4 Å². The third-order valence-electron chi connectivity index (χ3n) is 2.14. The molecule has 0 aromatic rings. The van der Waals surface area contributed by atoms with E-state index >= 15 is 0 Å². The Morgan fingerprint density at radius 1 is 1.50 bits per heavy atom. The SMILES string of the molecule is CCOCCCN1CC(C)(N)C1. The van der Waals surface area contributed by atoms with Gasteiger partial charge in [0.1, 0.15) is 0 Å². The fourth-order valence-electron chi connectivity index (χ4n) is 1.67. The molecule has 1 aliphatic heterocycles. The van der Waals surface area contributed by atoms with Crippen molar-refractivity contribution in [2.24, 2.45) is 5.73 Å². The highest BCUT2D eigenvalue weighted by molar-refractivity contribution is 4.95. The molecule has 0 amide bonds. The lowest BCUT2D eigenvalue weighted by Gasteiger charge is -2.45. The third-order valence-corrected chi connectivity index (χ3v) is 2.14. The molecule has 1 rings (SSSR count). The highest BCUT2D eigenvalue weighted by atomic mass is 16.5. The summed E-state index contributed by atoms with van der Waals surface area (Å²) in [5.41, 5.74) is 5.94. The van der Waals surface area contributed by atoms with Gasteiger partial charge >= 0.3 is 0 Å². The lowest BCUT2D eigenvalue weighted by atomic mass is 9.94. The van der Waals surface area contributed by atoms with Crippen LogP contribution in [0.2, 0.25) is 0 Å². The molecule has 0 aliphatic carbocycles. The molecule has 0 aromatic heterocycles. The van der Waals surface area contributed by atoms with E-state index < -0.39 is 0 Å². The molecule has 0 bridgehead atoms. The number of nitrogens with zero attached hydrogens (tertiary/aromatic N) is 1. The summed E-state index contributed by atoms with van der Waals surface area (Å²) < 4.78 is 5.25. The minimum absolute atomic E-state index is 0.0750. The Kier molecular flexibility index (Phi) is 3.50. The van der Waals surface area contributed by atoms with E-state index in [1.807, 2.05) is 6.92 Å². The van der Waals surface area contributed by atoms with Crippen molar-refractivity contribution in [3.8, 4) is 0 Å². The van der Waals surface area contributed by atoms with Crippen LogP contribution in [-0.4, -0.2) is 43.3 Å². The van der Waals surface area contributed by atoms with Gasteiger partial charge in [-0.2, -0.15) is 0 Å². The van der Waals surface area contributed by atoms with Crippen LogP contribution in [0.1, 0.15) is 20.3 Å². The number of nitrogens with two attached hydrogens (primary N) is 1. The van der Waals surface area contributed by atoms with Crippen molar-refractivity contribution in [3.63, 3.8) is 0 Å². The molecule has 0 unspecified atom stereocenters. The van der Waals surface area contributed by atoms with Crippen molar-refractivity contribution < 1.29 is 4.74 Å². The maximum atomic E-state index is 5.87. The Morgan fingerprint density at radius 3 is 2.67 bits per heavy atom. The standard InChI is InChI=1S/C9H20N2O/c1-3-12-6-4-5-11-7-9(2,10)8-11/h3-8,10H2,1-2H3.